The van der Waals surface area contributed by atoms with Gasteiger partial charge in [0.25, 0.3) is 0 Å². The lowest BCUT2D eigenvalue weighted by molar-refractivity contribution is -0.129. The van der Waals surface area contributed by atoms with E-state index in [1.807, 2.05) is 0 Å². The van der Waals surface area contributed by atoms with Crippen LogP contribution >= 0.6 is 0 Å². The van der Waals surface area contributed by atoms with E-state index in [1.54, 1.807) is 0 Å². The van der Waals surface area contributed by atoms with Gasteiger partial charge >= 0.3 is 0 Å². The van der Waals surface area contributed by atoms with Gasteiger partial charge in [0.15, 0.2) is 0 Å². The van der Waals surface area contributed by atoms with Crippen LogP contribution in [0.15, 0.2) is 24.3 Å². The fourth-order valence-corrected chi connectivity index (χ4v) is 6.26. The van der Waals surface area contributed by atoms with Gasteiger partial charge in [-0.05, 0) is 61.1 Å². The second-order valence-corrected chi connectivity index (χ2v) is 9.10. The van der Waals surface area contributed by atoms with Crippen molar-refractivity contribution in [3.63, 3.8) is 0 Å². The maximum Gasteiger partial charge on any atom is 0.237 e. The second-order valence-electron chi connectivity index (χ2n) is 9.10. The van der Waals surface area contributed by atoms with E-state index in [0.29, 0.717) is 30.7 Å². The third-order valence-electron chi connectivity index (χ3n) is 7.43. The molecule has 6 heteroatoms. The Bertz CT molecular complexity index is 723. The fraction of sp³-hybridized carbons (Fsp3) is 0.667. The molecular weight excluding hydrogens is 343 g/mol. The van der Waals surface area contributed by atoms with Gasteiger partial charge in [0.2, 0.25) is 5.91 Å². The number of hydrogen-bond donors (Lipinski definition) is 3. The van der Waals surface area contributed by atoms with Crippen molar-refractivity contribution in [2.75, 3.05) is 19.0 Å². The van der Waals surface area contributed by atoms with Crippen molar-refractivity contribution in [1.82, 2.24) is 16.2 Å². The zero-order valence-corrected chi connectivity index (χ0v) is 16.0. The summed E-state index contributed by atoms with van der Waals surface area (Å²) in [6, 6.07) is 9.55. The number of nitrogens with zero attached hydrogens (tertiary/aromatic N) is 1. The molecule has 2 aliphatic heterocycles. The number of carbonyl (C=O) groups is 1. The lowest BCUT2D eigenvalue weighted by Gasteiger charge is -2.41. The number of hydrazine groups is 1. The van der Waals surface area contributed by atoms with Crippen LogP contribution in [0.1, 0.15) is 37.2 Å². The molecule has 146 valence electrons. The molecule has 2 saturated carbocycles. The highest BCUT2D eigenvalue weighted by Crippen LogP contribution is 2.50. The van der Waals surface area contributed by atoms with Crippen LogP contribution in [0.5, 0.6) is 0 Å². The molecule has 8 atom stereocenters. The first-order valence-corrected chi connectivity index (χ1v) is 10.2. The number of benzene rings is 1. The van der Waals surface area contributed by atoms with Crippen molar-refractivity contribution >= 4 is 11.6 Å². The number of carbonyl (C=O) groups excluding carboxylic acids is 1. The van der Waals surface area contributed by atoms with Crippen LogP contribution in [0.2, 0.25) is 0 Å². The van der Waals surface area contributed by atoms with E-state index in [2.05, 4.69) is 59.4 Å². The Labute approximate surface area is 160 Å². The lowest BCUT2D eigenvalue weighted by atomic mass is 9.64. The van der Waals surface area contributed by atoms with Crippen LogP contribution in [0.25, 0.3) is 0 Å². The van der Waals surface area contributed by atoms with Crippen LogP contribution in [0, 0.1) is 17.8 Å². The van der Waals surface area contributed by atoms with Gasteiger partial charge in [-0.2, -0.15) is 0 Å². The monoisotopic (exact) mass is 372 g/mol. The van der Waals surface area contributed by atoms with Gasteiger partial charge in [0, 0.05) is 43.8 Å². The summed E-state index contributed by atoms with van der Waals surface area (Å²) in [6.45, 7) is 0. The standard InChI is InChI=1S/C21H29FN4O/c1-26(2)14-5-3-11(4-6-14)12-7-16-20-18(8-12)24-25-21(27)15-9-13(22)10-17(23-16)19(15)20/h3-6,12-13,15-20,23-24H,7-10H2,1-2H3,(H,25,27). The lowest BCUT2D eigenvalue weighted by Crippen LogP contribution is -2.52. The highest BCUT2D eigenvalue weighted by atomic mass is 19.1. The van der Waals surface area contributed by atoms with Gasteiger partial charge in [-0.3, -0.25) is 10.2 Å². The Morgan fingerprint density at radius 3 is 2.41 bits per heavy atom. The number of nitrogens with one attached hydrogen (secondary N) is 3. The van der Waals surface area contributed by atoms with Crippen LogP contribution in [-0.2, 0) is 4.79 Å². The fourth-order valence-electron chi connectivity index (χ4n) is 6.26. The Morgan fingerprint density at radius 1 is 0.963 bits per heavy atom. The van der Waals surface area contributed by atoms with Gasteiger partial charge < -0.3 is 10.2 Å². The number of anilines is 1. The largest absolute Gasteiger partial charge is 0.378 e. The number of hydrogen-bond acceptors (Lipinski definition) is 4. The topological polar surface area (TPSA) is 56.4 Å². The van der Waals surface area contributed by atoms with Crippen molar-refractivity contribution in [1.29, 1.82) is 0 Å². The molecule has 2 saturated heterocycles. The molecule has 2 aliphatic carbocycles. The molecule has 4 aliphatic rings. The first-order valence-electron chi connectivity index (χ1n) is 10.2. The van der Waals surface area contributed by atoms with E-state index < -0.39 is 6.17 Å². The smallest absolute Gasteiger partial charge is 0.237 e. The molecule has 27 heavy (non-hydrogen) atoms. The predicted octanol–water partition coefficient (Wildman–Crippen LogP) is 1.95. The van der Waals surface area contributed by atoms with Crippen molar-refractivity contribution in [3.05, 3.63) is 29.8 Å². The van der Waals surface area contributed by atoms with Crippen molar-refractivity contribution in [3.8, 4) is 0 Å². The number of alkyl halides is 1. The summed E-state index contributed by atoms with van der Waals surface area (Å²) < 4.78 is 14.3. The third-order valence-corrected chi connectivity index (χ3v) is 7.43. The van der Waals surface area contributed by atoms with Gasteiger partial charge in [-0.15, -0.1) is 0 Å². The van der Waals surface area contributed by atoms with Crippen LogP contribution in [0.3, 0.4) is 0 Å². The molecule has 0 aromatic heterocycles. The van der Waals surface area contributed by atoms with Crippen LogP contribution in [0.4, 0.5) is 10.1 Å². The molecule has 8 unspecified atom stereocenters. The molecule has 0 radical (unpaired) electrons. The summed E-state index contributed by atoms with van der Waals surface area (Å²) in [4.78, 5) is 14.7. The molecule has 2 heterocycles. The molecule has 1 aromatic carbocycles. The Morgan fingerprint density at radius 2 is 1.67 bits per heavy atom. The van der Waals surface area contributed by atoms with E-state index >= 15 is 0 Å². The average molecular weight is 372 g/mol. The second kappa shape index (κ2) is 6.45. The molecule has 5 rings (SSSR count). The first kappa shape index (κ1) is 17.4. The van der Waals surface area contributed by atoms with E-state index in [4.69, 9.17) is 0 Å². The predicted molar refractivity (Wildman–Crippen MR) is 103 cm³/mol. The normalized spacial score (nSPS) is 42.9. The SMILES string of the molecule is CN(C)c1ccc(C2CC3NNC(=O)C4CC(F)CC5NC(C2)C3C54)cc1. The molecule has 0 spiro atoms. The van der Waals surface area contributed by atoms with E-state index in [9.17, 15) is 9.18 Å². The molecule has 4 fully saturated rings. The average Bonchev–Trinajstić information content (AvgIpc) is 2.95. The van der Waals surface area contributed by atoms with Gasteiger partial charge in [0.1, 0.15) is 6.17 Å². The van der Waals surface area contributed by atoms with Gasteiger partial charge in [0.05, 0.1) is 0 Å². The minimum atomic E-state index is -0.874. The van der Waals surface area contributed by atoms with Crippen molar-refractivity contribution < 1.29 is 9.18 Å². The summed E-state index contributed by atoms with van der Waals surface area (Å²) >= 11 is 0. The molecular formula is C21H29FN4O. The molecule has 5 nitrogen and oxygen atoms in total. The minimum Gasteiger partial charge on any atom is -0.378 e. The van der Waals surface area contributed by atoms with Crippen LogP contribution in [-0.4, -0.2) is 44.3 Å². The van der Waals surface area contributed by atoms with Crippen LogP contribution < -0.4 is 21.1 Å². The van der Waals surface area contributed by atoms with Crippen molar-refractivity contribution in [2.45, 2.75) is 55.9 Å². The summed E-state index contributed by atoms with van der Waals surface area (Å²) in [6.07, 6.45) is 2.13. The third kappa shape index (κ3) is 2.85. The molecule has 3 N–H and O–H groups in total. The van der Waals surface area contributed by atoms with E-state index in [1.165, 1.54) is 11.3 Å². The maximum atomic E-state index is 14.3. The molecule has 1 aromatic rings. The maximum absolute atomic E-state index is 14.3. The molecule has 1 amide bonds. The van der Waals surface area contributed by atoms with E-state index in [-0.39, 0.29) is 29.8 Å². The number of halogens is 1. The number of rotatable bonds is 2. The highest BCUT2D eigenvalue weighted by molar-refractivity contribution is 5.79. The first-order chi connectivity index (χ1) is 13.0. The minimum absolute atomic E-state index is 0.0175. The van der Waals surface area contributed by atoms with Gasteiger partial charge in [-0.25, -0.2) is 9.82 Å². The summed E-state index contributed by atoms with van der Waals surface area (Å²) in [7, 11) is 4.11. The zero-order valence-electron chi connectivity index (χ0n) is 16.0. The summed E-state index contributed by atoms with van der Waals surface area (Å²) in [5.41, 5.74) is 8.79. The number of amides is 1. The Balaban J connectivity index is 1.42. The highest BCUT2D eigenvalue weighted by Gasteiger charge is 2.57. The van der Waals surface area contributed by atoms with E-state index in [0.717, 1.165) is 12.8 Å². The molecule has 0 bridgehead atoms. The Hall–Kier alpha value is -1.66. The summed E-state index contributed by atoms with van der Waals surface area (Å²) in [5.74, 6) is 0.899. The zero-order chi connectivity index (χ0) is 18.7. The van der Waals surface area contributed by atoms with Gasteiger partial charge in [-0.1, -0.05) is 12.1 Å². The quantitative estimate of drug-likeness (QED) is 0.743. The van der Waals surface area contributed by atoms with Crippen molar-refractivity contribution in [2.24, 2.45) is 17.8 Å². The summed E-state index contributed by atoms with van der Waals surface area (Å²) in [5, 5.41) is 3.74. The Kier molecular flexibility index (Phi) is 4.17.